The molecule has 0 aliphatic carbocycles. The summed E-state index contributed by atoms with van der Waals surface area (Å²) < 4.78 is 5.94. The third-order valence-corrected chi connectivity index (χ3v) is 4.57. The van der Waals surface area contributed by atoms with Gasteiger partial charge < -0.3 is 9.64 Å². The number of hydrogen-bond acceptors (Lipinski definition) is 6. The number of amides is 2. The van der Waals surface area contributed by atoms with E-state index in [-0.39, 0.29) is 13.2 Å². The van der Waals surface area contributed by atoms with Crippen molar-refractivity contribution in [2.75, 3.05) is 33.8 Å². The number of nitrogens with zero attached hydrogens (tertiary/aromatic N) is 2. The quantitative estimate of drug-likeness (QED) is 0.528. The number of ether oxygens (including phenoxy) is 1. The Kier molecular flexibility index (Phi) is 6.59. The second-order valence-corrected chi connectivity index (χ2v) is 7.25. The van der Waals surface area contributed by atoms with Gasteiger partial charge in [0.2, 0.25) is 0 Å². The smallest absolute Gasteiger partial charge is 0.326 e. The second-order valence-electron chi connectivity index (χ2n) is 5.34. The Hall–Kier alpha value is -1.64. The molecule has 1 saturated heterocycles. The Bertz CT molecular complexity index is 673. The fraction of sp³-hybridized carbons (Fsp3) is 0.312. The molecule has 1 fully saturated rings. The summed E-state index contributed by atoms with van der Waals surface area (Å²) in [4.78, 5) is 39.1. The highest BCUT2D eigenvalue weighted by atomic mass is 79.9. The summed E-state index contributed by atoms with van der Waals surface area (Å²) in [7, 11) is 3.72. The lowest BCUT2D eigenvalue weighted by atomic mass is 10.2. The predicted octanol–water partition coefficient (Wildman–Crippen LogP) is 2.59. The van der Waals surface area contributed by atoms with Crippen LogP contribution in [0, 0.1) is 0 Å². The van der Waals surface area contributed by atoms with Crippen molar-refractivity contribution >= 4 is 50.9 Å². The summed E-state index contributed by atoms with van der Waals surface area (Å²) in [5.74, 6) is -1.07. The number of esters is 1. The Morgan fingerprint density at radius 2 is 1.96 bits per heavy atom. The van der Waals surface area contributed by atoms with Crippen LogP contribution < -0.4 is 0 Å². The first-order valence-corrected chi connectivity index (χ1v) is 8.79. The summed E-state index contributed by atoms with van der Waals surface area (Å²) in [6.07, 6.45) is 1.63. The number of likely N-dealkylation sites (N-methyl/N-ethyl adjacent to an activating group) is 1. The van der Waals surface area contributed by atoms with Gasteiger partial charge in [-0.05, 0) is 49.6 Å². The molecule has 24 heavy (non-hydrogen) atoms. The molecule has 1 aliphatic heterocycles. The maximum absolute atomic E-state index is 12.3. The molecule has 0 atom stereocenters. The third-order valence-electron chi connectivity index (χ3n) is 3.13. The number of rotatable bonds is 6. The number of carbonyl (C=O) groups excluding carboxylic acids is 3. The van der Waals surface area contributed by atoms with Crippen LogP contribution in [0.1, 0.15) is 5.56 Å². The van der Waals surface area contributed by atoms with Crippen LogP contribution in [-0.2, 0) is 14.3 Å². The van der Waals surface area contributed by atoms with E-state index in [9.17, 15) is 14.4 Å². The van der Waals surface area contributed by atoms with Crippen molar-refractivity contribution in [3.05, 3.63) is 39.2 Å². The van der Waals surface area contributed by atoms with Gasteiger partial charge in [-0.3, -0.25) is 19.3 Å². The number of benzene rings is 1. The van der Waals surface area contributed by atoms with E-state index in [1.807, 2.05) is 43.3 Å². The van der Waals surface area contributed by atoms with Crippen molar-refractivity contribution in [1.82, 2.24) is 9.80 Å². The van der Waals surface area contributed by atoms with Crippen LogP contribution in [-0.4, -0.2) is 60.7 Å². The topological polar surface area (TPSA) is 66.9 Å². The van der Waals surface area contributed by atoms with Crippen LogP contribution in [0.5, 0.6) is 0 Å². The highest BCUT2D eigenvalue weighted by Gasteiger charge is 2.36. The highest BCUT2D eigenvalue weighted by Crippen LogP contribution is 2.32. The SMILES string of the molecule is CN(C)CCOC(=O)CN1C(=O)SC(=Cc2ccc(Br)cc2)C1=O. The monoisotopic (exact) mass is 412 g/mol. The zero-order chi connectivity index (χ0) is 17.7. The summed E-state index contributed by atoms with van der Waals surface area (Å²) in [6.45, 7) is 0.434. The van der Waals surface area contributed by atoms with Gasteiger partial charge >= 0.3 is 5.97 Å². The van der Waals surface area contributed by atoms with Crippen LogP contribution >= 0.6 is 27.7 Å². The van der Waals surface area contributed by atoms with E-state index in [2.05, 4.69) is 15.9 Å². The summed E-state index contributed by atoms with van der Waals surface area (Å²) in [6, 6.07) is 7.34. The molecule has 2 rings (SSSR count). The molecule has 128 valence electrons. The first kappa shape index (κ1) is 18.7. The van der Waals surface area contributed by atoms with Gasteiger partial charge in [0.1, 0.15) is 13.2 Å². The molecule has 0 unspecified atom stereocenters. The molecular weight excluding hydrogens is 396 g/mol. The zero-order valence-electron chi connectivity index (χ0n) is 13.3. The van der Waals surface area contributed by atoms with Crippen LogP contribution in [0.25, 0.3) is 6.08 Å². The van der Waals surface area contributed by atoms with E-state index >= 15 is 0 Å². The molecule has 0 radical (unpaired) electrons. The molecule has 0 spiro atoms. The van der Waals surface area contributed by atoms with E-state index in [0.29, 0.717) is 11.4 Å². The predicted molar refractivity (Wildman–Crippen MR) is 96.3 cm³/mol. The number of imide groups is 1. The second kappa shape index (κ2) is 8.46. The van der Waals surface area contributed by atoms with Gasteiger partial charge in [0.15, 0.2) is 0 Å². The maximum atomic E-state index is 12.3. The molecule has 1 heterocycles. The molecule has 0 N–H and O–H groups in total. The molecule has 1 aromatic carbocycles. The van der Waals surface area contributed by atoms with E-state index < -0.39 is 17.1 Å². The third kappa shape index (κ3) is 5.19. The molecule has 8 heteroatoms. The minimum Gasteiger partial charge on any atom is -0.463 e. The van der Waals surface area contributed by atoms with Crippen molar-refractivity contribution in [2.45, 2.75) is 0 Å². The van der Waals surface area contributed by atoms with Crippen molar-refractivity contribution in [2.24, 2.45) is 0 Å². The lowest BCUT2D eigenvalue weighted by molar-refractivity contribution is -0.146. The standard InChI is InChI=1S/C16H17BrN2O4S/c1-18(2)7-8-23-14(20)10-19-15(21)13(24-16(19)22)9-11-3-5-12(17)6-4-11/h3-6,9H,7-8,10H2,1-2H3. The Labute approximate surface area is 152 Å². The minimum absolute atomic E-state index is 0.219. The van der Waals surface area contributed by atoms with Crippen LogP contribution in [0.15, 0.2) is 33.6 Å². The van der Waals surface area contributed by atoms with E-state index in [0.717, 1.165) is 26.7 Å². The molecule has 1 aromatic rings. The fourth-order valence-corrected chi connectivity index (χ4v) is 2.97. The van der Waals surface area contributed by atoms with Crippen LogP contribution in [0.3, 0.4) is 0 Å². The zero-order valence-corrected chi connectivity index (χ0v) is 15.7. The van der Waals surface area contributed by atoms with Gasteiger partial charge in [0.25, 0.3) is 11.1 Å². The Balaban J connectivity index is 1.98. The lowest BCUT2D eigenvalue weighted by Crippen LogP contribution is -2.35. The van der Waals surface area contributed by atoms with Gasteiger partial charge in [-0.25, -0.2) is 0 Å². The number of carbonyl (C=O) groups is 3. The Morgan fingerprint density at radius 1 is 1.29 bits per heavy atom. The molecule has 2 amide bonds. The largest absolute Gasteiger partial charge is 0.463 e. The average molecular weight is 413 g/mol. The molecule has 1 aliphatic rings. The molecule has 6 nitrogen and oxygen atoms in total. The number of hydrogen-bond donors (Lipinski definition) is 0. The van der Waals surface area contributed by atoms with E-state index in [1.165, 1.54) is 0 Å². The average Bonchev–Trinajstić information content (AvgIpc) is 2.77. The number of thioether (sulfide) groups is 1. The first-order chi connectivity index (χ1) is 11.4. The summed E-state index contributed by atoms with van der Waals surface area (Å²) in [5, 5.41) is -0.465. The summed E-state index contributed by atoms with van der Waals surface area (Å²) in [5.41, 5.74) is 0.803. The minimum atomic E-state index is -0.593. The maximum Gasteiger partial charge on any atom is 0.326 e. The fourth-order valence-electron chi connectivity index (χ4n) is 1.86. The molecular formula is C16H17BrN2O4S. The van der Waals surface area contributed by atoms with Gasteiger partial charge in [-0.15, -0.1) is 0 Å². The van der Waals surface area contributed by atoms with Gasteiger partial charge in [0.05, 0.1) is 4.91 Å². The van der Waals surface area contributed by atoms with Gasteiger partial charge in [-0.1, -0.05) is 28.1 Å². The van der Waals surface area contributed by atoms with E-state index in [1.54, 1.807) is 6.08 Å². The molecule has 0 bridgehead atoms. The molecule has 0 saturated carbocycles. The lowest BCUT2D eigenvalue weighted by Gasteiger charge is -2.13. The normalized spacial score (nSPS) is 16.3. The van der Waals surface area contributed by atoms with Crippen LogP contribution in [0.4, 0.5) is 4.79 Å². The first-order valence-electron chi connectivity index (χ1n) is 7.18. The Morgan fingerprint density at radius 3 is 2.58 bits per heavy atom. The van der Waals surface area contributed by atoms with Gasteiger partial charge in [0, 0.05) is 11.0 Å². The van der Waals surface area contributed by atoms with Crippen molar-refractivity contribution in [1.29, 1.82) is 0 Å². The number of halogens is 1. The van der Waals surface area contributed by atoms with Crippen molar-refractivity contribution in [3.8, 4) is 0 Å². The van der Waals surface area contributed by atoms with E-state index in [4.69, 9.17) is 4.74 Å². The summed E-state index contributed by atoms with van der Waals surface area (Å²) >= 11 is 4.16. The van der Waals surface area contributed by atoms with Crippen molar-refractivity contribution in [3.63, 3.8) is 0 Å². The van der Waals surface area contributed by atoms with Crippen LogP contribution in [0.2, 0.25) is 0 Å². The van der Waals surface area contributed by atoms with Crippen molar-refractivity contribution < 1.29 is 19.1 Å². The van der Waals surface area contributed by atoms with Gasteiger partial charge in [-0.2, -0.15) is 0 Å². The highest BCUT2D eigenvalue weighted by molar-refractivity contribution is 9.10. The molecule has 0 aromatic heterocycles.